The number of carbonyl (C=O) groups is 3. The van der Waals surface area contributed by atoms with Crippen molar-refractivity contribution in [2.75, 3.05) is 17.7 Å². The van der Waals surface area contributed by atoms with Crippen LogP contribution in [0.4, 0.5) is 16.3 Å². The third kappa shape index (κ3) is 4.85. The van der Waals surface area contributed by atoms with E-state index in [0.717, 1.165) is 36.1 Å². The molecule has 2 aromatic rings. The second-order valence-corrected chi connectivity index (χ2v) is 9.18. The number of hydrogen-bond acceptors (Lipinski definition) is 7. The number of nitrogens with zero attached hydrogens (tertiary/aromatic N) is 5. The molecule has 4 amide bonds. The van der Waals surface area contributed by atoms with Crippen molar-refractivity contribution < 1.29 is 14.4 Å². The summed E-state index contributed by atoms with van der Waals surface area (Å²) in [5.74, 6) is -0.719. The molecule has 2 aliphatic rings. The van der Waals surface area contributed by atoms with Crippen LogP contribution in [0.25, 0.3) is 0 Å². The minimum Gasteiger partial charge on any atom is -0.384 e. The number of anilines is 2. The molecule has 0 bridgehead atoms. The van der Waals surface area contributed by atoms with Gasteiger partial charge in [0.2, 0.25) is 5.91 Å². The molecule has 1 unspecified atom stereocenters. The van der Waals surface area contributed by atoms with E-state index in [1.165, 1.54) is 30.0 Å². The van der Waals surface area contributed by atoms with E-state index in [4.69, 9.17) is 5.73 Å². The van der Waals surface area contributed by atoms with E-state index < -0.39 is 18.0 Å². The zero-order valence-corrected chi connectivity index (χ0v) is 19.6. The minimum absolute atomic E-state index is 0.0735. The number of nitrogens with two attached hydrogens (primary N) is 1. The van der Waals surface area contributed by atoms with Crippen LogP contribution in [0.1, 0.15) is 44.6 Å². The van der Waals surface area contributed by atoms with Gasteiger partial charge in [0.25, 0.3) is 5.91 Å². The summed E-state index contributed by atoms with van der Waals surface area (Å²) in [5, 5.41) is 2.98. The van der Waals surface area contributed by atoms with Gasteiger partial charge in [-0.15, -0.1) is 0 Å². The molecule has 1 aliphatic carbocycles. The van der Waals surface area contributed by atoms with Gasteiger partial charge in [-0.1, -0.05) is 19.3 Å². The van der Waals surface area contributed by atoms with Gasteiger partial charge in [0.05, 0.1) is 24.0 Å². The molecule has 4 rings (SSSR count). The van der Waals surface area contributed by atoms with Crippen LogP contribution in [0.15, 0.2) is 37.1 Å². The predicted molar refractivity (Wildman–Crippen MR) is 126 cm³/mol. The highest BCUT2D eigenvalue weighted by Gasteiger charge is 2.55. The number of carbonyl (C=O) groups excluding carboxylic acids is 3. The summed E-state index contributed by atoms with van der Waals surface area (Å²) in [6.07, 6.45) is 11.9. The van der Waals surface area contributed by atoms with Crippen LogP contribution in [0.3, 0.4) is 0 Å². The van der Waals surface area contributed by atoms with Crippen LogP contribution < -0.4 is 16.0 Å². The van der Waals surface area contributed by atoms with Crippen molar-refractivity contribution in [3.8, 4) is 0 Å². The fourth-order valence-electron chi connectivity index (χ4n) is 4.94. The Labute approximate surface area is 199 Å². The first-order chi connectivity index (χ1) is 16.4. The van der Waals surface area contributed by atoms with Crippen LogP contribution in [-0.2, 0) is 16.0 Å². The quantitative estimate of drug-likeness (QED) is 0.624. The Morgan fingerprint density at radius 2 is 1.94 bits per heavy atom. The van der Waals surface area contributed by atoms with E-state index in [-0.39, 0.29) is 24.3 Å². The SMILES string of the molecule is C[C@@H](NC(=O)N1C(=O)C(Cc2ccnc(N)c2)[C@H]1C(=O)N(C)c1cncnc1)C1CCCCC1. The molecule has 0 radical (unpaired) electrons. The molecule has 1 aliphatic heterocycles. The van der Waals surface area contributed by atoms with E-state index in [2.05, 4.69) is 20.3 Å². The predicted octanol–water partition coefficient (Wildman–Crippen LogP) is 2.16. The Bertz CT molecular complexity index is 1040. The maximum absolute atomic E-state index is 13.5. The normalized spacial score (nSPS) is 21.5. The second kappa shape index (κ2) is 10.1. The van der Waals surface area contributed by atoms with Crippen LogP contribution in [0, 0.1) is 11.8 Å². The molecule has 34 heavy (non-hydrogen) atoms. The molecular weight excluding hydrogens is 434 g/mol. The number of hydrogen-bond donors (Lipinski definition) is 2. The first-order valence-electron chi connectivity index (χ1n) is 11.7. The molecule has 3 atom stereocenters. The van der Waals surface area contributed by atoms with Crippen molar-refractivity contribution in [1.82, 2.24) is 25.2 Å². The highest BCUT2D eigenvalue weighted by Crippen LogP contribution is 2.33. The monoisotopic (exact) mass is 465 g/mol. The van der Waals surface area contributed by atoms with Crippen molar-refractivity contribution in [2.45, 2.75) is 57.5 Å². The molecule has 2 fully saturated rings. The van der Waals surface area contributed by atoms with Gasteiger partial charge in [-0.2, -0.15) is 0 Å². The Kier molecular flexibility index (Phi) is 7.04. The lowest BCUT2D eigenvalue weighted by Gasteiger charge is -2.46. The van der Waals surface area contributed by atoms with Crippen molar-refractivity contribution in [3.63, 3.8) is 0 Å². The molecule has 1 saturated heterocycles. The summed E-state index contributed by atoms with van der Waals surface area (Å²) in [6, 6.07) is 1.90. The highest BCUT2D eigenvalue weighted by molar-refractivity contribution is 6.12. The summed E-state index contributed by atoms with van der Waals surface area (Å²) in [6.45, 7) is 1.97. The number of likely N-dealkylation sites (tertiary alicyclic amines) is 1. The topological polar surface area (TPSA) is 134 Å². The smallest absolute Gasteiger partial charge is 0.325 e. The third-order valence-corrected chi connectivity index (χ3v) is 6.96. The first kappa shape index (κ1) is 23.6. The van der Waals surface area contributed by atoms with E-state index in [1.807, 2.05) is 6.92 Å². The van der Waals surface area contributed by atoms with Gasteiger partial charge in [-0.05, 0) is 49.8 Å². The van der Waals surface area contributed by atoms with Crippen LogP contribution in [0.5, 0.6) is 0 Å². The first-order valence-corrected chi connectivity index (χ1v) is 11.7. The lowest BCUT2D eigenvalue weighted by Crippen LogP contribution is -2.71. The third-order valence-electron chi connectivity index (χ3n) is 6.96. The standard InChI is InChI=1S/C24H31N7O3/c1-15(17-6-4-3-5-7-17)29-24(34)31-21(23(33)30(2)18-12-26-14-27-13-18)19(22(31)32)10-16-8-9-28-20(25)11-16/h8-9,11-15,17,19,21H,3-7,10H2,1-2H3,(H2,25,28)(H,29,34)/t15-,19?,21+/m1/s1. The van der Waals surface area contributed by atoms with Gasteiger partial charge >= 0.3 is 6.03 Å². The summed E-state index contributed by atoms with van der Waals surface area (Å²) in [4.78, 5) is 54.2. The lowest BCUT2D eigenvalue weighted by atomic mass is 9.81. The van der Waals surface area contributed by atoms with E-state index in [0.29, 0.717) is 17.4 Å². The summed E-state index contributed by atoms with van der Waals surface area (Å²) >= 11 is 0. The van der Waals surface area contributed by atoms with Crippen LogP contribution in [-0.4, -0.2) is 56.8 Å². The summed E-state index contributed by atoms with van der Waals surface area (Å²) in [5.41, 5.74) is 7.05. The molecule has 0 spiro atoms. The van der Waals surface area contributed by atoms with Gasteiger partial charge in [0, 0.05) is 19.3 Å². The summed E-state index contributed by atoms with van der Waals surface area (Å²) < 4.78 is 0. The number of nitrogen functional groups attached to an aromatic ring is 1. The number of likely N-dealkylation sites (N-methyl/N-ethyl adjacent to an activating group) is 1. The number of pyridine rings is 1. The summed E-state index contributed by atoms with van der Waals surface area (Å²) in [7, 11) is 1.59. The number of amides is 4. The Morgan fingerprint density at radius 3 is 2.62 bits per heavy atom. The van der Waals surface area contributed by atoms with E-state index in [9.17, 15) is 14.4 Å². The molecule has 3 heterocycles. The minimum atomic E-state index is -0.939. The van der Waals surface area contributed by atoms with Crippen LogP contribution in [0.2, 0.25) is 0 Å². The van der Waals surface area contributed by atoms with Gasteiger partial charge in [-0.25, -0.2) is 19.7 Å². The maximum Gasteiger partial charge on any atom is 0.325 e. The van der Waals surface area contributed by atoms with E-state index in [1.54, 1.807) is 25.4 Å². The highest BCUT2D eigenvalue weighted by atomic mass is 16.2. The fraction of sp³-hybridized carbons (Fsp3) is 0.500. The average Bonchev–Trinajstić information content (AvgIpc) is 2.85. The van der Waals surface area contributed by atoms with Gasteiger partial charge in [-0.3, -0.25) is 14.5 Å². The Hall–Kier alpha value is -3.56. The number of β-lactam (4-membered cyclic amide) rings is 1. The number of nitrogens with one attached hydrogen (secondary N) is 1. The van der Waals surface area contributed by atoms with Crippen molar-refractivity contribution in [2.24, 2.45) is 11.8 Å². The molecule has 1 saturated carbocycles. The molecule has 3 N–H and O–H groups in total. The molecule has 10 heteroatoms. The molecule has 0 aromatic carbocycles. The van der Waals surface area contributed by atoms with Crippen molar-refractivity contribution in [3.05, 3.63) is 42.6 Å². The second-order valence-electron chi connectivity index (χ2n) is 9.18. The number of rotatable bonds is 6. The zero-order chi connectivity index (χ0) is 24.2. The Balaban J connectivity index is 1.54. The molecule has 180 valence electrons. The number of imide groups is 1. The molecule has 10 nitrogen and oxygen atoms in total. The maximum atomic E-state index is 13.5. The van der Waals surface area contributed by atoms with Gasteiger partial charge in [0.15, 0.2) is 0 Å². The van der Waals surface area contributed by atoms with Crippen molar-refractivity contribution in [1.29, 1.82) is 0 Å². The zero-order valence-electron chi connectivity index (χ0n) is 19.6. The van der Waals surface area contributed by atoms with Crippen LogP contribution >= 0.6 is 0 Å². The lowest BCUT2D eigenvalue weighted by molar-refractivity contribution is -0.156. The average molecular weight is 466 g/mol. The fourth-order valence-corrected chi connectivity index (χ4v) is 4.94. The molecule has 2 aromatic heterocycles. The van der Waals surface area contributed by atoms with Gasteiger partial charge in [0.1, 0.15) is 18.2 Å². The largest absolute Gasteiger partial charge is 0.384 e. The number of aromatic nitrogens is 3. The Morgan fingerprint density at radius 1 is 1.24 bits per heavy atom. The van der Waals surface area contributed by atoms with Crippen molar-refractivity contribution >= 4 is 29.4 Å². The molecular formula is C24H31N7O3. The number of urea groups is 1. The van der Waals surface area contributed by atoms with E-state index >= 15 is 0 Å². The van der Waals surface area contributed by atoms with Gasteiger partial charge < -0.3 is 16.0 Å².